The minimum absolute atomic E-state index is 0.0851. The Bertz CT molecular complexity index is 939. The highest BCUT2D eigenvalue weighted by Gasteiger charge is 2.38. The van der Waals surface area contributed by atoms with Gasteiger partial charge in [-0.3, -0.25) is 9.78 Å². The van der Waals surface area contributed by atoms with E-state index in [9.17, 15) is 4.79 Å². The zero-order chi connectivity index (χ0) is 17.5. The summed E-state index contributed by atoms with van der Waals surface area (Å²) in [4.78, 5) is 26.3. The number of carbonyl (C=O) groups is 1. The highest BCUT2D eigenvalue weighted by molar-refractivity contribution is 6.00. The Hall–Kier alpha value is -2.96. The van der Waals surface area contributed by atoms with E-state index < -0.39 is 0 Å². The molecule has 7 nitrogen and oxygen atoms in total. The number of amides is 1. The van der Waals surface area contributed by atoms with E-state index in [0.29, 0.717) is 11.5 Å². The number of pyridine rings is 1. The number of carbonyl (C=O) groups excluding carboxylic acids is 1. The van der Waals surface area contributed by atoms with E-state index in [2.05, 4.69) is 24.9 Å². The minimum atomic E-state index is 0.0851. The van der Waals surface area contributed by atoms with Gasteiger partial charge in [-0.05, 0) is 30.9 Å². The van der Waals surface area contributed by atoms with Crippen molar-refractivity contribution in [1.29, 1.82) is 0 Å². The van der Waals surface area contributed by atoms with Gasteiger partial charge in [0.15, 0.2) is 0 Å². The van der Waals surface area contributed by atoms with E-state index in [0.717, 1.165) is 43.8 Å². The average molecular weight is 348 g/mol. The molecular weight excluding hydrogens is 328 g/mol. The van der Waals surface area contributed by atoms with Gasteiger partial charge in [0.05, 0.1) is 23.5 Å². The van der Waals surface area contributed by atoms with Crippen molar-refractivity contribution < 1.29 is 4.79 Å². The summed E-state index contributed by atoms with van der Waals surface area (Å²) in [6, 6.07) is 6.00. The zero-order valence-electron chi connectivity index (χ0n) is 14.4. The molecule has 0 saturated carbocycles. The van der Waals surface area contributed by atoms with Crippen molar-refractivity contribution in [1.82, 2.24) is 24.5 Å². The molecule has 26 heavy (non-hydrogen) atoms. The average Bonchev–Trinajstić information content (AvgIpc) is 2.90. The second-order valence-electron chi connectivity index (χ2n) is 7.11. The second-order valence-corrected chi connectivity index (χ2v) is 7.11. The van der Waals surface area contributed by atoms with E-state index in [1.54, 1.807) is 23.1 Å². The SMILES string of the molecule is O=C(c1cnn2ccccc12)N1C[C@H]2CC[C@@H]1CN(c1cnccn1)C2. The normalized spacial score (nSPS) is 22.6. The second kappa shape index (κ2) is 6.09. The Kier molecular flexibility index (Phi) is 3.58. The van der Waals surface area contributed by atoms with Crippen molar-refractivity contribution in [2.45, 2.75) is 18.9 Å². The molecule has 7 heteroatoms. The fourth-order valence-corrected chi connectivity index (χ4v) is 4.23. The number of anilines is 1. The Morgan fingerprint density at radius 1 is 1.08 bits per heavy atom. The van der Waals surface area contributed by atoms with E-state index in [4.69, 9.17) is 0 Å². The lowest BCUT2D eigenvalue weighted by Gasteiger charge is -2.35. The van der Waals surface area contributed by atoms with Crippen molar-refractivity contribution in [2.24, 2.45) is 5.92 Å². The fraction of sp³-hybridized carbons (Fsp3) is 0.368. The Balaban J connectivity index is 1.44. The molecule has 3 aliphatic heterocycles. The molecule has 0 spiro atoms. The van der Waals surface area contributed by atoms with Crippen LogP contribution in [0.2, 0.25) is 0 Å². The van der Waals surface area contributed by atoms with Gasteiger partial charge in [-0.1, -0.05) is 6.07 Å². The number of nitrogens with zero attached hydrogens (tertiary/aromatic N) is 6. The van der Waals surface area contributed by atoms with Crippen LogP contribution in [0, 0.1) is 5.92 Å². The Morgan fingerprint density at radius 3 is 2.92 bits per heavy atom. The summed E-state index contributed by atoms with van der Waals surface area (Å²) in [5.41, 5.74) is 1.55. The van der Waals surface area contributed by atoms with Gasteiger partial charge in [-0.15, -0.1) is 0 Å². The van der Waals surface area contributed by atoms with Crippen molar-refractivity contribution in [3.8, 4) is 0 Å². The molecule has 3 aliphatic rings. The number of hydrogen-bond donors (Lipinski definition) is 0. The van der Waals surface area contributed by atoms with Crippen LogP contribution in [0.5, 0.6) is 0 Å². The van der Waals surface area contributed by atoms with E-state index in [1.165, 1.54) is 0 Å². The molecule has 0 radical (unpaired) electrons. The summed E-state index contributed by atoms with van der Waals surface area (Å²) < 4.78 is 1.76. The molecule has 3 saturated heterocycles. The molecule has 3 aromatic heterocycles. The molecule has 0 aromatic carbocycles. The van der Waals surface area contributed by atoms with E-state index in [1.807, 2.05) is 30.6 Å². The van der Waals surface area contributed by atoms with Gasteiger partial charge >= 0.3 is 0 Å². The Morgan fingerprint density at radius 2 is 2.04 bits per heavy atom. The summed E-state index contributed by atoms with van der Waals surface area (Å²) in [6.07, 6.45) is 11.0. The first-order chi connectivity index (χ1) is 12.8. The summed E-state index contributed by atoms with van der Waals surface area (Å²) in [5.74, 6) is 1.44. The van der Waals surface area contributed by atoms with Crippen LogP contribution >= 0.6 is 0 Å². The van der Waals surface area contributed by atoms with Crippen LogP contribution < -0.4 is 4.90 Å². The van der Waals surface area contributed by atoms with Crippen molar-refractivity contribution in [3.05, 3.63) is 54.7 Å². The lowest BCUT2D eigenvalue weighted by Crippen LogP contribution is -2.47. The van der Waals surface area contributed by atoms with Gasteiger partial charge in [-0.2, -0.15) is 5.10 Å². The van der Waals surface area contributed by atoms with Crippen LogP contribution in [0.25, 0.3) is 5.52 Å². The van der Waals surface area contributed by atoms with Crippen molar-refractivity contribution >= 4 is 17.2 Å². The maximum Gasteiger partial charge on any atom is 0.258 e. The molecule has 6 heterocycles. The third kappa shape index (κ3) is 2.51. The van der Waals surface area contributed by atoms with Crippen LogP contribution in [0.4, 0.5) is 5.82 Å². The largest absolute Gasteiger partial charge is 0.353 e. The maximum absolute atomic E-state index is 13.3. The monoisotopic (exact) mass is 348 g/mol. The molecule has 2 atom stereocenters. The molecule has 3 aromatic rings. The number of fused-ring (bicyclic) bond motifs is 5. The molecule has 0 unspecified atom stereocenters. The maximum atomic E-state index is 13.3. The third-order valence-electron chi connectivity index (χ3n) is 5.50. The zero-order valence-corrected chi connectivity index (χ0v) is 14.4. The first-order valence-electron chi connectivity index (χ1n) is 9.04. The Labute approximate surface area is 151 Å². The van der Waals surface area contributed by atoms with E-state index in [-0.39, 0.29) is 11.9 Å². The summed E-state index contributed by atoms with van der Waals surface area (Å²) >= 11 is 0. The molecule has 0 aliphatic carbocycles. The molecular formula is C19H20N6O. The van der Waals surface area contributed by atoms with Gasteiger partial charge in [0.25, 0.3) is 5.91 Å². The molecule has 6 rings (SSSR count). The minimum Gasteiger partial charge on any atom is -0.353 e. The number of piperidine rings is 1. The lowest BCUT2D eigenvalue weighted by atomic mass is 9.94. The molecule has 132 valence electrons. The summed E-state index contributed by atoms with van der Waals surface area (Å²) in [7, 11) is 0. The fourth-order valence-electron chi connectivity index (χ4n) is 4.23. The molecule has 1 amide bonds. The van der Waals surface area contributed by atoms with Crippen molar-refractivity contribution in [3.63, 3.8) is 0 Å². The third-order valence-corrected chi connectivity index (χ3v) is 5.50. The van der Waals surface area contributed by atoms with E-state index >= 15 is 0 Å². The topological polar surface area (TPSA) is 66.6 Å². The summed E-state index contributed by atoms with van der Waals surface area (Å²) in [5, 5.41) is 4.32. The first-order valence-corrected chi connectivity index (χ1v) is 9.04. The van der Waals surface area contributed by atoms with Gasteiger partial charge in [0.1, 0.15) is 5.82 Å². The smallest absolute Gasteiger partial charge is 0.258 e. The van der Waals surface area contributed by atoms with Gasteiger partial charge in [-0.25, -0.2) is 9.50 Å². The van der Waals surface area contributed by atoms with Crippen LogP contribution in [-0.4, -0.2) is 56.1 Å². The lowest BCUT2D eigenvalue weighted by molar-refractivity contribution is 0.0594. The standard InChI is InChI=1S/C19H20N6O/c26-19(16-9-22-25-8-2-1-3-17(16)25)24-12-14-4-5-15(24)13-23(11-14)18-10-20-6-7-21-18/h1-3,6-10,14-15H,4-5,11-13H2/t14-,15+/m0/s1. The van der Waals surface area contributed by atoms with Gasteiger partial charge < -0.3 is 9.80 Å². The summed E-state index contributed by atoms with van der Waals surface area (Å²) in [6.45, 7) is 2.53. The van der Waals surface area contributed by atoms with Crippen molar-refractivity contribution in [2.75, 3.05) is 24.5 Å². The van der Waals surface area contributed by atoms with Crippen LogP contribution in [0.15, 0.2) is 49.2 Å². The van der Waals surface area contributed by atoms with Gasteiger partial charge in [0.2, 0.25) is 0 Å². The van der Waals surface area contributed by atoms with Crippen LogP contribution in [0.3, 0.4) is 0 Å². The highest BCUT2D eigenvalue weighted by atomic mass is 16.2. The van der Waals surface area contributed by atoms with Gasteiger partial charge in [0, 0.05) is 44.3 Å². The number of rotatable bonds is 2. The quantitative estimate of drug-likeness (QED) is 0.707. The molecule has 3 fully saturated rings. The van der Waals surface area contributed by atoms with Crippen LogP contribution in [0.1, 0.15) is 23.2 Å². The first kappa shape index (κ1) is 15.3. The number of hydrogen-bond acceptors (Lipinski definition) is 5. The molecule has 0 N–H and O–H groups in total. The predicted octanol–water partition coefficient (Wildman–Crippen LogP) is 1.87. The van der Waals surface area contributed by atoms with Crippen LogP contribution in [-0.2, 0) is 0 Å². The number of aromatic nitrogens is 4. The predicted molar refractivity (Wildman–Crippen MR) is 97.0 cm³/mol. The molecule has 2 bridgehead atoms. The highest BCUT2D eigenvalue weighted by Crippen LogP contribution is 2.31.